The summed E-state index contributed by atoms with van der Waals surface area (Å²) in [6.07, 6.45) is 0. The van der Waals surface area contributed by atoms with E-state index in [9.17, 15) is 4.79 Å². The van der Waals surface area contributed by atoms with Crippen LogP contribution in [0.4, 0.5) is 5.69 Å². The Bertz CT molecular complexity index is 503. The van der Waals surface area contributed by atoms with Crippen molar-refractivity contribution in [3.05, 3.63) is 23.3 Å². The fourth-order valence-corrected chi connectivity index (χ4v) is 2.28. The molecule has 0 bridgehead atoms. The number of ether oxygens (including phenoxy) is 1. The fraction of sp³-hybridized carbons (Fsp3) is 0.533. The monoisotopic (exact) mass is 247 g/mol. The number of benzene rings is 1. The van der Waals surface area contributed by atoms with Crippen LogP contribution in [0.25, 0.3) is 0 Å². The smallest absolute Gasteiger partial charge is 0.270 e. The van der Waals surface area contributed by atoms with Crippen LogP contribution < -0.4 is 9.64 Å². The number of hydrogen-bond acceptors (Lipinski definition) is 2. The molecule has 0 aliphatic carbocycles. The first kappa shape index (κ1) is 12.9. The standard InChI is InChI=1S/C15H21NO2/c1-9(2)16-12-7-10(3)11(4)8-13(12)18-15(5,6)14(16)17/h7-9H,1-6H3. The van der Waals surface area contributed by atoms with E-state index in [0.717, 1.165) is 11.4 Å². The van der Waals surface area contributed by atoms with Gasteiger partial charge in [-0.15, -0.1) is 0 Å². The van der Waals surface area contributed by atoms with E-state index in [0.29, 0.717) is 0 Å². The molecule has 0 saturated carbocycles. The van der Waals surface area contributed by atoms with Gasteiger partial charge in [0, 0.05) is 6.04 Å². The van der Waals surface area contributed by atoms with Gasteiger partial charge in [0.1, 0.15) is 5.75 Å². The van der Waals surface area contributed by atoms with Gasteiger partial charge in [-0.1, -0.05) is 0 Å². The predicted octanol–water partition coefficient (Wildman–Crippen LogP) is 3.22. The number of aryl methyl sites for hydroxylation is 2. The summed E-state index contributed by atoms with van der Waals surface area (Å²) in [5, 5.41) is 0. The summed E-state index contributed by atoms with van der Waals surface area (Å²) in [6.45, 7) is 11.8. The van der Waals surface area contributed by atoms with Crippen molar-refractivity contribution < 1.29 is 9.53 Å². The van der Waals surface area contributed by atoms with Gasteiger partial charge in [0.15, 0.2) is 5.60 Å². The number of nitrogens with zero attached hydrogens (tertiary/aromatic N) is 1. The third-order valence-corrected chi connectivity index (χ3v) is 3.45. The molecule has 0 atom stereocenters. The molecule has 0 N–H and O–H groups in total. The summed E-state index contributed by atoms with van der Waals surface area (Å²) in [5.41, 5.74) is 2.45. The minimum Gasteiger partial charge on any atom is -0.476 e. The second kappa shape index (κ2) is 4.01. The summed E-state index contributed by atoms with van der Waals surface area (Å²) in [6, 6.07) is 4.19. The van der Waals surface area contributed by atoms with E-state index in [1.165, 1.54) is 11.1 Å². The molecule has 18 heavy (non-hydrogen) atoms. The van der Waals surface area contributed by atoms with Crippen molar-refractivity contribution in [3.8, 4) is 5.75 Å². The van der Waals surface area contributed by atoms with Crippen LogP contribution in [0.5, 0.6) is 5.75 Å². The Morgan fingerprint density at radius 2 is 1.72 bits per heavy atom. The van der Waals surface area contributed by atoms with Gasteiger partial charge >= 0.3 is 0 Å². The van der Waals surface area contributed by atoms with Gasteiger partial charge in [-0.3, -0.25) is 4.79 Å². The highest BCUT2D eigenvalue weighted by atomic mass is 16.5. The third kappa shape index (κ3) is 1.88. The molecule has 0 radical (unpaired) electrons. The van der Waals surface area contributed by atoms with E-state index in [1.54, 1.807) is 0 Å². The molecule has 1 aliphatic rings. The average molecular weight is 247 g/mol. The highest BCUT2D eigenvalue weighted by Gasteiger charge is 2.42. The Labute approximate surface area is 109 Å². The maximum absolute atomic E-state index is 12.4. The predicted molar refractivity (Wildman–Crippen MR) is 73.2 cm³/mol. The lowest BCUT2D eigenvalue weighted by Crippen LogP contribution is -2.54. The molecule has 2 rings (SSSR count). The SMILES string of the molecule is Cc1cc2c(cc1C)N(C(C)C)C(=O)C(C)(C)O2. The molecule has 1 aliphatic heterocycles. The lowest BCUT2D eigenvalue weighted by molar-refractivity contribution is -0.133. The Kier molecular flexibility index (Phi) is 2.88. The number of carbonyl (C=O) groups excluding carboxylic acids is 1. The summed E-state index contributed by atoms with van der Waals surface area (Å²) >= 11 is 0. The van der Waals surface area contributed by atoms with Crippen molar-refractivity contribution in [1.29, 1.82) is 0 Å². The molecule has 0 fully saturated rings. The second-order valence-corrected chi connectivity index (χ2v) is 5.79. The van der Waals surface area contributed by atoms with Gasteiger partial charge in [0.25, 0.3) is 5.91 Å². The molecule has 1 heterocycles. The number of rotatable bonds is 1. The molecule has 3 heteroatoms. The minimum absolute atomic E-state index is 0.0215. The van der Waals surface area contributed by atoms with Crippen LogP contribution in [-0.2, 0) is 4.79 Å². The van der Waals surface area contributed by atoms with E-state index in [-0.39, 0.29) is 11.9 Å². The van der Waals surface area contributed by atoms with Crippen molar-refractivity contribution in [1.82, 2.24) is 0 Å². The number of fused-ring (bicyclic) bond motifs is 1. The summed E-state index contributed by atoms with van der Waals surface area (Å²) < 4.78 is 5.86. The maximum atomic E-state index is 12.4. The first-order chi connectivity index (χ1) is 8.24. The van der Waals surface area contributed by atoms with Gasteiger partial charge in [0.2, 0.25) is 0 Å². The van der Waals surface area contributed by atoms with Crippen molar-refractivity contribution in [2.45, 2.75) is 53.2 Å². The summed E-state index contributed by atoms with van der Waals surface area (Å²) in [4.78, 5) is 14.3. The largest absolute Gasteiger partial charge is 0.476 e. The Morgan fingerprint density at radius 3 is 2.28 bits per heavy atom. The number of anilines is 1. The molecule has 0 saturated heterocycles. The molecule has 0 unspecified atom stereocenters. The molecule has 0 spiro atoms. The Morgan fingerprint density at radius 1 is 1.17 bits per heavy atom. The highest BCUT2D eigenvalue weighted by molar-refractivity contribution is 6.02. The summed E-state index contributed by atoms with van der Waals surface area (Å²) in [7, 11) is 0. The summed E-state index contributed by atoms with van der Waals surface area (Å²) in [5.74, 6) is 0.824. The van der Waals surface area contributed by atoms with Crippen molar-refractivity contribution >= 4 is 11.6 Å². The van der Waals surface area contributed by atoms with Crippen LogP contribution in [0.2, 0.25) is 0 Å². The van der Waals surface area contributed by atoms with Gasteiger partial charge in [-0.05, 0) is 64.8 Å². The molecule has 1 amide bonds. The van der Waals surface area contributed by atoms with Gasteiger partial charge < -0.3 is 9.64 Å². The van der Waals surface area contributed by atoms with Crippen molar-refractivity contribution in [3.63, 3.8) is 0 Å². The van der Waals surface area contributed by atoms with Crippen LogP contribution >= 0.6 is 0 Å². The zero-order valence-electron chi connectivity index (χ0n) is 12.0. The van der Waals surface area contributed by atoms with Crippen LogP contribution in [0.15, 0.2) is 12.1 Å². The number of amides is 1. The van der Waals surface area contributed by atoms with Gasteiger partial charge in [-0.25, -0.2) is 0 Å². The van der Waals surface area contributed by atoms with E-state index >= 15 is 0 Å². The van der Waals surface area contributed by atoms with Gasteiger partial charge in [0.05, 0.1) is 5.69 Å². The molecule has 0 aromatic heterocycles. The molecule has 1 aromatic rings. The van der Waals surface area contributed by atoms with Crippen LogP contribution in [0.3, 0.4) is 0 Å². The zero-order valence-corrected chi connectivity index (χ0v) is 12.0. The van der Waals surface area contributed by atoms with E-state index in [1.807, 2.05) is 44.7 Å². The Balaban J connectivity index is 2.64. The van der Waals surface area contributed by atoms with E-state index < -0.39 is 5.60 Å². The minimum atomic E-state index is -0.793. The zero-order chi connectivity index (χ0) is 13.7. The average Bonchev–Trinajstić information content (AvgIpc) is 2.22. The molecular weight excluding hydrogens is 226 g/mol. The third-order valence-electron chi connectivity index (χ3n) is 3.45. The van der Waals surface area contributed by atoms with Gasteiger partial charge in [-0.2, -0.15) is 0 Å². The number of hydrogen-bond donors (Lipinski definition) is 0. The lowest BCUT2D eigenvalue weighted by Gasteiger charge is -2.41. The second-order valence-electron chi connectivity index (χ2n) is 5.79. The molecule has 98 valence electrons. The van der Waals surface area contributed by atoms with Crippen LogP contribution in [-0.4, -0.2) is 17.6 Å². The molecule has 3 nitrogen and oxygen atoms in total. The van der Waals surface area contributed by atoms with Crippen LogP contribution in [0, 0.1) is 13.8 Å². The normalized spacial score (nSPS) is 17.7. The lowest BCUT2D eigenvalue weighted by atomic mass is 9.99. The molecular formula is C15H21NO2. The topological polar surface area (TPSA) is 29.5 Å². The maximum Gasteiger partial charge on any atom is 0.270 e. The first-order valence-corrected chi connectivity index (χ1v) is 6.38. The number of carbonyl (C=O) groups is 1. The van der Waals surface area contributed by atoms with E-state index in [4.69, 9.17) is 4.74 Å². The van der Waals surface area contributed by atoms with Crippen molar-refractivity contribution in [2.75, 3.05) is 4.90 Å². The Hall–Kier alpha value is -1.51. The molecule has 1 aromatic carbocycles. The highest BCUT2D eigenvalue weighted by Crippen LogP contribution is 2.40. The fourth-order valence-electron chi connectivity index (χ4n) is 2.28. The van der Waals surface area contributed by atoms with Crippen LogP contribution in [0.1, 0.15) is 38.8 Å². The first-order valence-electron chi connectivity index (χ1n) is 6.38. The quantitative estimate of drug-likeness (QED) is 0.762. The van der Waals surface area contributed by atoms with E-state index in [2.05, 4.69) is 13.8 Å². The van der Waals surface area contributed by atoms with Crippen molar-refractivity contribution in [2.24, 2.45) is 0 Å².